The van der Waals surface area contributed by atoms with E-state index >= 15 is 0 Å². The third kappa shape index (κ3) is 5.26. The molecular formula is C16H24N2O2S. The Morgan fingerprint density at radius 3 is 2.86 bits per heavy atom. The van der Waals surface area contributed by atoms with Gasteiger partial charge < -0.3 is 14.8 Å². The lowest BCUT2D eigenvalue weighted by Gasteiger charge is -2.26. The van der Waals surface area contributed by atoms with Crippen LogP contribution in [-0.2, 0) is 4.74 Å². The second kappa shape index (κ2) is 8.32. The van der Waals surface area contributed by atoms with Crippen molar-refractivity contribution in [2.45, 2.75) is 13.8 Å². The van der Waals surface area contributed by atoms with Gasteiger partial charge in [0.25, 0.3) is 0 Å². The van der Waals surface area contributed by atoms with Crippen LogP contribution in [0.15, 0.2) is 18.2 Å². The van der Waals surface area contributed by atoms with Crippen LogP contribution in [0.25, 0.3) is 0 Å². The Bertz CT molecular complexity index is 473. The maximum absolute atomic E-state index is 5.78. The lowest BCUT2D eigenvalue weighted by molar-refractivity contribution is 0.0389. The van der Waals surface area contributed by atoms with Gasteiger partial charge in [0, 0.05) is 26.2 Å². The molecule has 0 aromatic heterocycles. The van der Waals surface area contributed by atoms with E-state index in [4.69, 9.17) is 21.7 Å². The van der Waals surface area contributed by atoms with E-state index in [9.17, 15) is 0 Å². The quantitative estimate of drug-likeness (QED) is 0.812. The summed E-state index contributed by atoms with van der Waals surface area (Å²) in [5.41, 5.74) is 2.41. The number of hydrogen-bond acceptors (Lipinski definition) is 4. The van der Waals surface area contributed by atoms with Crippen LogP contribution < -0.4 is 10.1 Å². The van der Waals surface area contributed by atoms with Gasteiger partial charge in [-0.15, -0.1) is 0 Å². The van der Waals surface area contributed by atoms with Crippen LogP contribution in [0, 0.1) is 13.8 Å². The number of nitrogens with zero attached hydrogens (tertiary/aromatic N) is 1. The summed E-state index contributed by atoms with van der Waals surface area (Å²) in [5, 5.41) is 3.26. The summed E-state index contributed by atoms with van der Waals surface area (Å²) in [6.07, 6.45) is 0. The predicted molar refractivity (Wildman–Crippen MR) is 89.3 cm³/mol. The number of aryl methyl sites for hydroxylation is 1. The van der Waals surface area contributed by atoms with Gasteiger partial charge in [-0.2, -0.15) is 0 Å². The van der Waals surface area contributed by atoms with Crippen LogP contribution in [0.4, 0.5) is 0 Å². The Labute approximate surface area is 132 Å². The van der Waals surface area contributed by atoms with Crippen LogP contribution in [0.2, 0.25) is 0 Å². The maximum atomic E-state index is 5.78. The van der Waals surface area contributed by atoms with Crippen molar-refractivity contribution >= 4 is 17.2 Å². The Morgan fingerprint density at radius 1 is 1.33 bits per heavy atom. The zero-order valence-corrected chi connectivity index (χ0v) is 13.7. The third-order valence-electron chi connectivity index (χ3n) is 3.77. The number of hydrogen-bond donors (Lipinski definition) is 1. The standard InChI is InChI=1S/C16H24N2O2S/c1-13-4-3-5-15(14(13)2)20-12-16(21)17-6-7-18-8-10-19-11-9-18/h3-5H,6-12H2,1-2H3,(H,17,21). The number of benzene rings is 1. The van der Waals surface area contributed by atoms with Gasteiger partial charge in [-0.25, -0.2) is 0 Å². The van der Waals surface area contributed by atoms with Gasteiger partial charge in [-0.1, -0.05) is 24.4 Å². The first-order chi connectivity index (χ1) is 10.2. The minimum atomic E-state index is 0.433. The first kappa shape index (κ1) is 16.2. The average Bonchev–Trinajstić information content (AvgIpc) is 2.50. The van der Waals surface area contributed by atoms with Gasteiger partial charge in [0.05, 0.1) is 13.2 Å². The van der Waals surface area contributed by atoms with E-state index in [0.29, 0.717) is 6.61 Å². The zero-order chi connectivity index (χ0) is 15.1. The highest BCUT2D eigenvalue weighted by molar-refractivity contribution is 7.80. The van der Waals surface area contributed by atoms with Crippen molar-refractivity contribution in [3.8, 4) is 5.75 Å². The Balaban J connectivity index is 1.66. The van der Waals surface area contributed by atoms with Gasteiger partial charge in [0.15, 0.2) is 0 Å². The fourth-order valence-corrected chi connectivity index (χ4v) is 2.41. The highest BCUT2D eigenvalue weighted by Gasteiger charge is 2.09. The molecule has 1 aliphatic heterocycles. The molecule has 4 nitrogen and oxygen atoms in total. The summed E-state index contributed by atoms with van der Waals surface area (Å²) in [7, 11) is 0. The number of rotatable bonds is 6. The minimum Gasteiger partial charge on any atom is -0.486 e. The summed E-state index contributed by atoms with van der Waals surface area (Å²) in [6.45, 7) is 10.1. The fraction of sp³-hybridized carbons (Fsp3) is 0.562. The third-order valence-corrected chi connectivity index (χ3v) is 4.03. The molecule has 1 heterocycles. The molecule has 1 fully saturated rings. The van der Waals surface area contributed by atoms with E-state index in [2.05, 4.69) is 30.1 Å². The van der Waals surface area contributed by atoms with Crippen molar-refractivity contribution in [2.24, 2.45) is 0 Å². The fourth-order valence-electron chi connectivity index (χ4n) is 2.25. The van der Waals surface area contributed by atoms with Crippen molar-refractivity contribution in [3.63, 3.8) is 0 Å². The second-order valence-electron chi connectivity index (χ2n) is 5.29. The highest BCUT2D eigenvalue weighted by Crippen LogP contribution is 2.20. The van der Waals surface area contributed by atoms with E-state index in [0.717, 1.165) is 50.1 Å². The summed E-state index contributed by atoms with van der Waals surface area (Å²) >= 11 is 5.32. The summed E-state index contributed by atoms with van der Waals surface area (Å²) in [4.78, 5) is 3.13. The van der Waals surface area contributed by atoms with Gasteiger partial charge in [0.2, 0.25) is 0 Å². The molecule has 0 amide bonds. The molecule has 0 unspecified atom stereocenters. The van der Waals surface area contributed by atoms with Gasteiger partial charge in [-0.05, 0) is 31.0 Å². The Kier molecular flexibility index (Phi) is 6.42. The molecule has 1 aromatic carbocycles. The van der Waals surface area contributed by atoms with E-state index in [1.165, 1.54) is 11.1 Å². The average molecular weight is 308 g/mol. The van der Waals surface area contributed by atoms with Crippen LogP contribution in [-0.4, -0.2) is 55.9 Å². The molecular weight excluding hydrogens is 284 g/mol. The lowest BCUT2D eigenvalue weighted by Crippen LogP contribution is -2.41. The van der Waals surface area contributed by atoms with Crippen molar-refractivity contribution in [3.05, 3.63) is 29.3 Å². The predicted octanol–water partition coefficient (Wildman–Crippen LogP) is 1.93. The van der Waals surface area contributed by atoms with Crippen molar-refractivity contribution < 1.29 is 9.47 Å². The van der Waals surface area contributed by atoms with Crippen molar-refractivity contribution in [1.29, 1.82) is 0 Å². The molecule has 0 aliphatic carbocycles. The molecule has 0 atom stereocenters. The van der Waals surface area contributed by atoms with E-state index in [1.807, 2.05) is 12.1 Å². The zero-order valence-electron chi connectivity index (χ0n) is 12.9. The van der Waals surface area contributed by atoms with Crippen molar-refractivity contribution in [2.75, 3.05) is 46.0 Å². The number of nitrogens with one attached hydrogen (secondary N) is 1. The normalized spacial score (nSPS) is 15.7. The number of morpholine rings is 1. The van der Waals surface area contributed by atoms with E-state index in [1.54, 1.807) is 0 Å². The maximum Gasteiger partial charge on any atom is 0.138 e. The summed E-state index contributed by atoms with van der Waals surface area (Å²) in [5.74, 6) is 0.910. The van der Waals surface area contributed by atoms with Crippen LogP contribution in [0.1, 0.15) is 11.1 Å². The largest absolute Gasteiger partial charge is 0.486 e. The van der Waals surface area contributed by atoms with E-state index < -0.39 is 0 Å². The molecule has 1 N–H and O–H groups in total. The highest BCUT2D eigenvalue weighted by atomic mass is 32.1. The summed E-state index contributed by atoms with van der Waals surface area (Å²) in [6, 6.07) is 6.08. The monoisotopic (exact) mass is 308 g/mol. The minimum absolute atomic E-state index is 0.433. The molecule has 0 bridgehead atoms. The van der Waals surface area contributed by atoms with Gasteiger partial charge >= 0.3 is 0 Å². The Hall–Kier alpha value is -1.17. The molecule has 5 heteroatoms. The van der Waals surface area contributed by atoms with Gasteiger partial charge in [0.1, 0.15) is 17.3 Å². The van der Waals surface area contributed by atoms with Crippen molar-refractivity contribution in [1.82, 2.24) is 10.2 Å². The smallest absolute Gasteiger partial charge is 0.138 e. The first-order valence-corrected chi connectivity index (χ1v) is 7.83. The lowest BCUT2D eigenvalue weighted by atomic mass is 10.1. The molecule has 1 aromatic rings. The van der Waals surface area contributed by atoms with Gasteiger partial charge in [-0.3, -0.25) is 4.90 Å². The molecule has 0 spiro atoms. The topological polar surface area (TPSA) is 33.7 Å². The Morgan fingerprint density at radius 2 is 2.10 bits per heavy atom. The molecule has 1 saturated heterocycles. The SMILES string of the molecule is Cc1cccc(OCC(=S)NCCN2CCOCC2)c1C. The molecule has 116 valence electrons. The van der Waals surface area contributed by atoms with Crippen LogP contribution in [0.3, 0.4) is 0 Å². The first-order valence-electron chi connectivity index (χ1n) is 7.42. The number of ether oxygens (including phenoxy) is 2. The molecule has 0 radical (unpaired) electrons. The number of thiocarbonyl (C=S) groups is 1. The molecule has 0 saturated carbocycles. The van der Waals surface area contributed by atoms with Crippen LogP contribution >= 0.6 is 12.2 Å². The summed E-state index contributed by atoms with van der Waals surface area (Å²) < 4.78 is 11.1. The molecule has 2 rings (SSSR count). The van der Waals surface area contributed by atoms with E-state index in [-0.39, 0.29) is 0 Å². The van der Waals surface area contributed by atoms with Crippen LogP contribution in [0.5, 0.6) is 5.75 Å². The molecule has 1 aliphatic rings. The second-order valence-corrected chi connectivity index (χ2v) is 5.78. The molecule has 21 heavy (non-hydrogen) atoms.